The van der Waals surface area contributed by atoms with Crippen molar-refractivity contribution in [2.45, 2.75) is 6.42 Å². The van der Waals surface area contributed by atoms with Gasteiger partial charge in [-0.3, -0.25) is 4.90 Å². The number of aliphatic hydroxyl groups is 1. The maximum atomic E-state index is 8.95. The lowest BCUT2D eigenvalue weighted by atomic mass is 10.4. The van der Waals surface area contributed by atoms with Crippen molar-refractivity contribution in [3.63, 3.8) is 0 Å². The molecule has 0 aromatic rings. The van der Waals surface area contributed by atoms with Gasteiger partial charge in [-0.25, -0.2) is 0 Å². The summed E-state index contributed by atoms with van der Waals surface area (Å²) in [6, 6.07) is 0. The van der Waals surface area contributed by atoms with Crippen LogP contribution in [0, 0.1) is 0 Å². The first kappa shape index (κ1) is 19.8. The minimum atomic E-state index is 0.210. The van der Waals surface area contributed by atoms with E-state index in [2.05, 4.69) is 4.90 Å². The van der Waals surface area contributed by atoms with Crippen LogP contribution in [0.5, 0.6) is 0 Å². The van der Waals surface area contributed by atoms with E-state index in [9.17, 15) is 0 Å². The Morgan fingerprint density at radius 1 is 0.591 bits per heavy atom. The van der Waals surface area contributed by atoms with Gasteiger partial charge in [0.2, 0.25) is 0 Å². The molecule has 0 atom stereocenters. The monoisotopic (exact) mass is 321 g/mol. The lowest BCUT2D eigenvalue weighted by molar-refractivity contribution is -0.0187. The quantitative estimate of drug-likeness (QED) is 0.770. The van der Waals surface area contributed by atoms with Gasteiger partial charge in [0, 0.05) is 26.2 Å². The Hall–Kier alpha value is -0.280. The highest BCUT2D eigenvalue weighted by molar-refractivity contribution is 4.57. The summed E-state index contributed by atoms with van der Waals surface area (Å²) in [4.78, 5) is 2.24. The molecule has 0 amide bonds. The van der Waals surface area contributed by atoms with Crippen LogP contribution in [0.15, 0.2) is 0 Å². The molecule has 1 aliphatic rings. The Morgan fingerprint density at radius 3 is 1.32 bits per heavy atom. The molecule has 7 nitrogen and oxygen atoms in total. The molecule has 0 saturated carbocycles. The summed E-state index contributed by atoms with van der Waals surface area (Å²) in [5, 5.41) is 8.95. The Kier molecular flexibility index (Phi) is 14.0. The van der Waals surface area contributed by atoms with E-state index in [4.69, 9.17) is 28.8 Å². The Morgan fingerprint density at radius 2 is 0.955 bits per heavy atom. The number of aliphatic hydroxyl groups excluding tert-OH is 1. The van der Waals surface area contributed by atoms with E-state index in [1.807, 2.05) is 0 Å². The van der Waals surface area contributed by atoms with Gasteiger partial charge in [-0.2, -0.15) is 0 Å². The van der Waals surface area contributed by atoms with Gasteiger partial charge in [0.15, 0.2) is 0 Å². The first-order chi connectivity index (χ1) is 10.9. The van der Waals surface area contributed by atoms with E-state index < -0.39 is 0 Å². The molecule has 1 rings (SSSR count). The average molecular weight is 321 g/mol. The van der Waals surface area contributed by atoms with Crippen LogP contribution in [0.2, 0.25) is 0 Å². The highest BCUT2D eigenvalue weighted by atomic mass is 16.6. The largest absolute Gasteiger partial charge is 0.396 e. The fourth-order valence-electron chi connectivity index (χ4n) is 2.00. The van der Waals surface area contributed by atoms with Gasteiger partial charge in [-0.05, 0) is 6.42 Å². The third-order valence-electron chi connectivity index (χ3n) is 3.22. The predicted molar refractivity (Wildman–Crippen MR) is 82.2 cm³/mol. The van der Waals surface area contributed by atoms with E-state index in [1.165, 1.54) is 0 Å². The number of rotatable bonds is 3. The van der Waals surface area contributed by atoms with E-state index in [0.29, 0.717) is 66.1 Å². The molecule has 0 aromatic carbocycles. The molecule has 1 aliphatic heterocycles. The maximum absolute atomic E-state index is 8.95. The fraction of sp³-hybridized carbons (Fsp3) is 1.00. The average Bonchev–Trinajstić information content (AvgIpc) is 2.53. The van der Waals surface area contributed by atoms with Crippen LogP contribution in [0.1, 0.15) is 6.42 Å². The number of hydrogen-bond acceptors (Lipinski definition) is 7. The second-order valence-corrected chi connectivity index (χ2v) is 4.98. The normalized spacial score (nSPS) is 22.8. The summed E-state index contributed by atoms with van der Waals surface area (Å²) in [5.41, 5.74) is 0. The van der Waals surface area contributed by atoms with Gasteiger partial charge in [0.1, 0.15) is 0 Å². The zero-order chi connectivity index (χ0) is 15.7. The molecule has 0 aromatic heterocycles. The SMILES string of the molecule is OCCCN1CCOCCOCCOCCOCCOCC1. The first-order valence-corrected chi connectivity index (χ1v) is 8.15. The van der Waals surface area contributed by atoms with E-state index in [1.54, 1.807) is 0 Å². The number of hydrogen-bond donors (Lipinski definition) is 1. The summed E-state index contributed by atoms with van der Waals surface area (Å²) in [7, 11) is 0. The smallest absolute Gasteiger partial charge is 0.0701 e. The molecular weight excluding hydrogens is 290 g/mol. The van der Waals surface area contributed by atoms with E-state index >= 15 is 0 Å². The lowest BCUT2D eigenvalue weighted by Gasteiger charge is -2.22. The van der Waals surface area contributed by atoms with Gasteiger partial charge in [0.25, 0.3) is 0 Å². The van der Waals surface area contributed by atoms with Crippen LogP contribution in [0.3, 0.4) is 0 Å². The molecule has 7 heteroatoms. The van der Waals surface area contributed by atoms with Gasteiger partial charge in [-0.15, -0.1) is 0 Å². The zero-order valence-electron chi connectivity index (χ0n) is 13.5. The van der Waals surface area contributed by atoms with E-state index in [-0.39, 0.29) is 6.61 Å². The predicted octanol–water partition coefficient (Wildman–Crippen LogP) is -0.233. The second kappa shape index (κ2) is 15.6. The molecule has 1 saturated heterocycles. The second-order valence-electron chi connectivity index (χ2n) is 4.98. The van der Waals surface area contributed by atoms with Crippen molar-refractivity contribution in [2.24, 2.45) is 0 Å². The molecule has 1 N–H and O–H groups in total. The molecule has 1 heterocycles. The fourth-order valence-corrected chi connectivity index (χ4v) is 2.00. The summed E-state index contributed by atoms with van der Waals surface area (Å²) in [5.74, 6) is 0. The Bertz CT molecular complexity index is 214. The molecule has 22 heavy (non-hydrogen) atoms. The lowest BCUT2D eigenvalue weighted by Crippen LogP contribution is -2.33. The minimum Gasteiger partial charge on any atom is -0.396 e. The van der Waals surface area contributed by atoms with Crippen LogP contribution in [-0.2, 0) is 23.7 Å². The Labute approximate surface area is 133 Å². The molecule has 132 valence electrons. The maximum Gasteiger partial charge on any atom is 0.0701 e. The third kappa shape index (κ3) is 12.3. The summed E-state index contributed by atoms with van der Waals surface area (Å²) >= 11 is 0. The van der Waals surface area contributed by atoms with Gasteiger partial charge in [-0.1, -0.05) is 0 Å². The van der Waals surface area contributed by atoms with Crippen LogP contribution in [0.25, 0.3) is 0 Å². The molecule has 1 fully saturated rings. The highest BCUT2D eigenvalue weighted by Crippen LogP contribution is 1.94. The topological polar surface area (TPSA) is 69.6 Å². The third-order valence-corrected chi connectivity index (χ3v) is 3.22. The van der Waals surface area contributed by atoms with Crippen LogP contribution >= 0.6 is 0 Å². The van der Waals surface area contributed by atoms with E-state index in [0.717, 1.165) is 26.1 Å². The molecule has 0 spiro atoms. The molecule has 0 unspecified atom stereocenters. The van der Waals surface area contributed by atoms with Crippen molar-refractivity contribution in [2.75, 3.05) is 92.3 Å². The van der Waals surface area contributed by atoms with Crippen LogP contribution < -0.4 is 0 Å². The van der Waals surface area contributed by atoms with Crippen LogP contribution in [-0.4, -0.2) is 102 Å². The van der Waals surface area contributed by atoms with Crippen molar-refractivity contribution in [3.8, 4) is 0 Å². The first-order valence-electron chi connectivity index (χ1n) is 8.15. The standard InChI is InChI=1S/C15H31NO6/c17-5-1-2-16-3-6-18-8-10-20-12-14-22-15-13-21-11-9-19-7-4-16/h17H,1-15H2. The Balaban J connectivity index is 2.20. The van der Waals surface area contributed by atoms with Crippen molar-refractivity contribution >= 4 is 0 Å². The molecular formula is C15H31NO6. The molecule has 0 aliphatic carbocycles. The van der Waals surface area contributed by atoms with Crippen molar-refractivity contribution < 1.29 is 28.8 Å². The summed E-state index contributed by atoms with van der Waals surface area (Å²) < 4.78 is 27.3. The van der Waals surface area contributed by atoms with Crippen molar-refractivity contribution in [1.82, 2.24) is 4.90 Å². The zero-order valence-corrected chi connectivity index (χ0v) is 13.5. The minimum absolute atomic E-state index is 0.210. The van der Waals surface area contributed by atoms with Crippen molar-refractivity contribution in [3.05, 3.63) is 0 Å². The molecule has 0 radical (unpaired) electrons. The molecule has 0 bridgehead atoms. The summed E-state index contributed by atoms with van der Waals surface area (Å²) in [6.07, 6.45) is 0.770. The number of nitrogens with zero attached hydrogens (tertiary/aromatic N) is 1. The van der Waals surface area contributed by atoms with Crippen LogP contribution in [0.4, 0.5) is 0 Å². The highest BCUT2D eigenvalue weighted by Gasteiger charge is 2.05. The van der Waals surface area contributed by atoms with Gasteiger partial charge in [0.05, 0.1) is 66.1 Å². The van der Waals surface area contributed by atoms with Gasteiger partial charge >= 0.3 is 0 Å². The summed E-state index contributed by atoms with van der Waals surface area (Å²) in [6.45, 7) is 8.72. The van der Waals surface area contributed by atoms with Gasteiger partial charge < -0.3 is 28.8 Å². The number of ether oxygens (including phenoxy) is 5. The van der Waals surface area contributed by atoms with Crippen molar-refractivity contribution in [1.29, 1.82) is 0 Å².